The van der Waals surface area contributed by atoms with Gasteiger partial charge in [-0.15, -0.1) is 0 Å². The van der Waals surface area contributed by atoms with E-state index in [0.717, 1.165) is 66.3 Å². The molecule has 0 bridgehead atoms. The molecule has 0 radical (unpaired) electrons. The molecule has 0 aliphatic heterocycles. The van der Waals surface area contributed by atoms with Crippen molar-refractivity contribution >= 4 is 46.2 Å². The van der Waals surface area contributed by atoms with Gasteiger partial charge in [0.05, 0.1) is 232 Å². The van der Waals surface area contributed by atoms with Crippen LogP contribution in [0.4, 0.5) is 13.2 Å². The number of aliphatic hydroxyl groups is 1. The predicted octanol–water partition coefficient (Wildman–Crippen LogP) is 10.2. The van der Waals surface area contributed by atoms with Crippen LogP contribution < -0.4 is 10.6 Å². The number of benzene rings is 3. The highest BCUT2D eigenvalue weighted by atomic mass is 35.5. The van der Waals surface area contributed by atoms with E-state index in [9.17, 15) is 42.6 Å². The van der Waals surface area contributed by atoms with Crippen LogP contribution in [0.3, 0.4) is 0 Å². The minimum absolute atomic E-state index is 0.0142. The first-order valence-corrected chi connectivity index (χ1v) is 38.6. The SMILES string of the molecule is C[C@H](CCC(=O)NCCOCCOCCOCCOCCOCCOCCOCCOCCOCCOCCOCCOCCOCCOCCOCCNC(=O)c1ccc2c(-c3ccc(C(=O)O)cc3)nn(C(=O)c3c(Cl)cccc3C(F)(F)F)c2c1)[C@H]1CC[C@H]2[C@@H]3CC=C4C[C@@H](O)CC[C@]4(C)[C@H]3CC[C@]12C. The largest absolute Gasteiger partial charge is 0.478 e. The van der Waals surface area contributed by atoms with Crippen LogP contribution >= 0.6 is 11.6 Å². The molecule has 8 atom stereocenters. The third-order valence-electron chi connectivity index (χ3n) is 21.0. The van der Waals surface area contributed by atoms with Crippen LogP contribution in [0.2, 0.25) is 5.02 Å². The number of allylic oxidation sites excluding steroid dienone is 1. The van der Waals surface area contributed by atoms with Gasteiger partial charge in [-0.05, 0) is 141 Å². The number of nitrogens with zero attached hydrogens (tertiary/aromatic N) is 2. The standard InChI is InChI=1S/C79H114ClF3N4O21/c1-57(65-16-17-66-63-15-13-61-56-62(88)19-21-77(61,2)67(63)20-22-78(65,66)3)7-18-71(89)84-23-25-94-27-29-96-31-33-98-35-37-100-39-41-102-43-45-104-47-49-106-51-53-108-54-52-107-50-48-105-46-44-103-42-40-101-38-36-99-34-32-97-30-28-95-26-24-85-74(90)60-12-14-64-70(55-60)87(86-73(64)58-8-10-59(11-9-58)76(92)93)75(91)72-68(79(81,82)83)5-4-6-69(72)80/h4-6,8-14,55,57,62-63,65-67,88H,7,15-54,56H2,1-3H3,(H,84,89)(H,85,90)(H,92,93)/t57-,62+,63+,65-,66+,67+,77+,78-/m1/s1. The molecule has 3 aromatic carbocycles. The van der Waals surface area contributed by atoms with Gasteiger partial charge in [0, 0.05) is 36.0 Å². The molecule has 25 nitrogen and oxygen atoms in total. The molecule has 29 heteroatoms. The van der Waals surface area contributed by atoms with Crippen molar-refractivity contribution in [2.45, 2.75) is 97.3 Å². The van der Waals surface area contributed by atoms with Gasteiger partial charge >= 0.3 is 12.1 Å². The maximum atomic E-state index is 14.1. The van der Waals surface area contributed by atoms with Gasteiger partial charge in [0.25, 0.3) is 11.8 Å². The molecule has 3 fully saturated rings. The summed E-state index contributed by atoms with van der Waals surface area (Å²) >= 11 is 6.18. The lowest BCUT2D eigenvalue weighted by atomic mass is 9.47. The maximum absolute atomic E-state index is 14.1. The number of alkyl halides is 3. The number of hydrogen-bond acceptors (Lipinski definition) is 21. The third kappa shape index (κ3) is 27.9. The number of halogens is 4. The first kappa shape index (κ1) is 88.0. The quantitative estimate of drug-likeness (QED) is 0.0236. The van der Waals surface area contributed by atoms with Gasteiger partial charge in [0.1, 0.15) is 5.69 Å². The molecule has 4 aliphatic rings. The van der Waals surface area contributed by atoms with Crippen molar-refractivity contribution in [1.29, 1.82) is 0 Å². The van der Waals surface area contributed by atoms with Gasteiger partial charge in [0.2, 0.25) is 5.91 Å². The molecule has 108 heavy (non-hydrogen) atoms. The van der Waals surface area contributed by atoms with Crippen molar-refractivity contribution in [3.05, 3.63) is 99.6 Å². The summed E-state index contributed by atoms with van der Waals surface area (Å²) in [6.07, 6.45) is 8.26. The summed E-state index contributed by atoms with van der Waals surface area (Å²) in [5.41, 5.74) is 0.699. The first-order valence-electron chi connectivity index (χ1n) is 38.3. The van der Waals surface area contributed by atoms with Gasteiger partial charge in [0.15, 0.2) is 0 Å². The average Bonchev–Trinajstić information content (AvgIpc) is 1.39. The van der Waals surface area contributed by atoms with Gasteiger partial charge in [-0.25, -0.2) is 4.79 Å². The smallest absolute Gasteiger partial charge is 0.417 e. The third-order valence-corrected chi connectivity index (χ3v) is 21.4. The van der Waals surface area contributed by atoms with E-state index < -0.39 is 40.1 Å². The monoisotopic (exact) mass is 1550 g/mol. The molecule has 1 heterocycles. The summed E-state index contributed by atoms with van der Waals surface area (Å²) in [6.45, 7) is 20.5. The number of amides is 2. The topological polar surface area (TPSA) is 289 Å². The van der Waals surface area contributed by atoms with Crippen molar-refractivity contribution in [3.8, 4) is 11.3 Å². The number of hydrogen-bond donors (Lipinski definition) is 4. The fourth-order valence-corrected chi connectivity index (χ4v) is 15.8. The second-order valence-corrected chi connectivity index (χ2v) is 28.4. The van der Waals surface area contributed by atoms with E-state index in [4.69, 9.17) is 82.7 Å². The van der Waals surface area contributed by atoms with E-state index in [1.54, 1.807) is 0 Å². The van der Waals surface area contributed by atoms with Crippen LogP contribution in [0.25, 0.3) is 22.2 Å². The van der Waals surface area contributed by atoms with E-state index in [0.29, 0.717) is 220 Å². The number of aromatic nitrogens is 2. The number of carbonyl (C=O) groups excluding carboxylic acids is 3. The predicted molar refractivity (Wildman–Crippen MR) is 396 cm³/mol. The lowest BCUT2D eigenvalue weighted by molar-refractivity contribution is -0.138. The Labute approximate surface area is 637 Å². The minimum Gasteiger partial charge on any atom is -0.478 e. The molecule has 604 valence electrons. The average molecular weight is 1550 g/mol. The molecule has 4 N–H and O–H groups in total. The number of rotatable bonds is 56. The Morgan fingerprint density at radius 2 is 1.03 bits per heavy atom. The Morgan fingerprint density at radius 3 is 1.49 bits per heavy atom. The summed E-state index contributed by atoms with van der Waals surface area (Å²) < 4.78 is 126. The Balaban J connectivity index is 0.491. The van der Waals surface area contributed by atoms with Gasteiger partial charge in [-0.2, -0.15) is 23.0 Å². The molecule has 1 aromatic heterocycles. The zero-order valence-electron chi connectivity index (χ0n) is 63.1. The summed E-state index contributed by atoms with van der Waals surface area (Å²) in [5, 5.41) is 29.7. The fourth-order valence-electron chi connectivity index (χ4n) is 15.5. The second kappa shape index (κ2) is 47.7. The number of carboxylic acids is 1. The van der Waals surface area contributed by atoms with Crippen LogP contribution in [0, 0.1) is 40.4 Å². The Kier molecular flexibility index (Phi) is 38.8. The fraction of sp³-hybridized carbons (Fsp3) is 0.684. The summed E-state index contributed by atoms with van der Waals surface area (Å²) in [6, 6.07) is 12.8. The van der Waals surface area contributed by atoms with Gasteiger partial charge < -0.3 is 91.9 Å². The minimum atomic E-state index is -4.92. The van der Waals surface area contributed by atoms with E-state index in [1.807, 2.05) is 0 Å². The first-order chi connectivity index (χ1) is 52.4. The molecule has 0 unspecified atom stereocenters. The molecule has 2 amide bonds. The van der Waals surface area contributed by atoms with Crippen molar-refractivity contribution in [3.63, 3.8) is 0 Å². The zero-order valence-corrected chi connectivity index (χ0v) is 63.8. The molecule has 0 saturated heterocycles. The lowest BCUT2D eigenvalue weighted by Crippen LogP contribution is -2.50. The summed E-state index contributed by atoms with van der Waals surface area (Å²) in [5.74, 6) is 0.679. The molecule has 3 saturated carbocycles. The molecule has 8 rings (SSSR count). The Hall–Kier alpha value is -5.61. The normalized spacial score (nSPS) is 20.8. The molecular weight excluding hydrogens is 1430 g/mol. The number of ether oxygens (including phenoxy) is 15. The van der Waals surface area contributed by atoms with Crippen molar-refractivity contribution in [2.75, 3.05) is 211 Å². The van der Waals surface area contributed by atoms with E-state index in [2.05, 4.69) is 42.6 Å². The van der Waals surface area contributed by atoms with Crippen molar-refractivity contribution < 1.29 is 114 Å². The Morgan fingerprint density at radius 1 is 0.574 bits per heavy atom. The lowest BCUT2D eigenvalue weighted by Gasteiger charge is -2.58. The number of fused-ring (bicyclic) bond motifs is 6. The molecule has 4 aromatic rings. The number of aromatic carboxylic acids is 1. The van der Waals surface area contributed by atoms with E-state index >= 15 is 0 Å². The molecule has 0 spiro atoms. The molecular formula is C79H114ClF3N4O21. The van der Waals surface area contributed by atoms with Crippen LogP contribution in [0.5, 0.6) is 0 Å². The molecule has 4 aliphatic carbocycles. The number of carbonyl (C=O) groups is 4. The van der Waals surface area contributed by atoms with Crippen LogP contribution in [0.15, 0.2) is 72.3 Å². The van der Waals surface area contributed by atoms with Crippen LogP contribution in [0.1, 0.15) is 122 Å². The van der Waals surface area contributed by atoms with Crippen LogP contribution in [-0.2, 0) is 82.0 Å². The number of aliphatic hydroxyl groups excluding tert-OH is 1. The highest BCUT2D eigenvalue weighted by molar-refractivity contribution is 6.34. The zero-order chi connectivity index (χ0) is 76.8. The van der Waals surface area contributed by atoms with E-state index in [-0.39, 0.29) is 66.1 Å². The van der Waals surface area contributed by atoms with Crippen molar-refractivity contribution in [2.24, 2.45) is 40.4 Å². The second-order valence-electron chi connectivity index (χ2n) is 28.0. The number of nitrogens with one attached hydrogen (secondary N) is 2. The van der Waals surface area contributed by atoms with Gasteiger partial charge in [-0.1, -0.05) is 62.2 Å². The summed E-state index contributed by atoms with van der Waals surface area (Å²) in [7, 11) is 0. The van der Waals surface area contributed by atoms with Crippen molar-refractivity contribution in [1.82, 2.24) is 20.4 Å². The maximum Gasteiger partial charge on any atom is 0.417 e. The summed E-state index contributed by atoms with van der Waals surface area (Å²) in [4.78, 5) is 51.4. The van der Waals surface area contributed by atoms with E-state index in [1.165, 1.54) is 80.1 Å². The van der Waals surface area contributed by atoms with Crippen LogP contribution in [-0.4, -0.2) is 261 Å². The Bertz CT molecular complexity index is 3350. The highest BCUT2D eigenvalue weighted by Gasteiger charge is 2.59. The highest BCUT2D eigenvalue weighted by Crippen LogP contribution is 2.67. The van der Waals surface area contributed by atoms with Gasteiger partial charge in [-0.3, -0.25) is 14.4 Å². The number of carboxylic acid groups (broad SMARTS) is 1.